The van der Waals surface area contributed by atoms with E-state index >= 15 is 0 Å². The maximum Gasteiger partial charge on any atom is 0.273 e. The van der Waals surface area contributed by atoms with Crippen molar-refractivity contribution in [3.63, 3.8) is 0 Å². The van der Waals surface area contributed by atoms with E-state index in [0.717, 1.165) is 0 Å². The first-order chi connectivity index (χ1) is 5.79. The minimum atomic E-state index is -0.164. The van der Waals surface area contributed by atoms with Gasteiger partial charge in [0.2, 0.25) is 0 Å². The van der Waals surface area contributed by atoms with Crippen LogP contribution in [0.1, 0.15) is 30.1 Å². The molecule has 0 aromatic carbocycles. The molecule has 0 unspecified atom stereocenters. The number of hydrogen-bond acceptors (Lipinski definition) is 3. The van der Waals surface area contributed by atoms with Crippen LogP contribution >= 0.6 is 0 Å². The van der Waals surface area contributed by atoms with Gasteiger partial charge < -0.3 is 9.73 Å². The summed E-state index contributed by atoms with van der Waals surface area (Å²) in [5.74, 6) is 0.476. The lowest BCUT2D eigenvalue weighted by Gasteiger charge is -1.98. The molecule has 0 aliphatic rings. The molecule has 0 fully saturated rings. The smallest absolute Gasteiger partial charge is 0.273 e. The summed E-state index contributed by atoms with van der Waals surface area (Å²) in [5.41, 5.74) is 0.402. The molecule has 1 amide bonds. The Kier molecular flexibility index (Phi) is 2.85. The molecule has 0 spiro atoms. The van der Waals surface area contributed by atoms with E-state index in [0.29, 0.717) is 24.4 Å². The lowest BCUT2D eigenvalue weighted by atomic mass is 10.3. The molecule has 0 atom stereocenters. The Morgan fingerprint density at radius 3 is 3.00 bits per heavy atom. The third-order valence-electron chi connectivity index (χ3n) is 1.51. The maximum absolute atomic E-state index is 11.3. The van der Waals surface area contributed by atoms with Crippen LogP contribution in [-0.4, -0.2) is 17.4 Å². The number of rotatable bonds is 3. The minimum Gasteiger partial charge on any atom is -0.448 e. The molecule has 1 rings (SSSR count). The predicted molar refractivity (Wildman–Crippen MR) is 43.9 cm³/mol. The van der Waals surface area contributed by atoms with Crippen molar-refractivity contribution in [3.05, 3.63) is 17.8 Å². The molecule has 0 aliphatic carbocycles. The largest absolute Gasteiger partial charge is 0.448 e. The second-order valence-electron chi connectivity index (χ2n) is 2.34. The highest BCUT2D eigenvalue weighted by atomic mass is 16.3. The van der Waals surface area contributed by atoms with Gasteiger partial charge in [-0.15, -0.1) is 0 Å². The zero-order valence-corrected chi connectivity index (χ0v) is 7.26. The number of nitrogens with zero attached hydrogens (tertiary/aromatic N) is 1. The summed E-state index contributed by atoms with van der Waals surface area (Å²) in [6, 6.07) is 0. The Bertz CT molecular complexity index is 268. The van der Waals surface area contributed by atoms with Crippen LogP contribution in [0.5, 0.6) is 0 Å². The van der Waals surface area contributed by atoms with Crippen LogP contribution in [0, 0.1) is 0 Å². The average Bonchev–Trinajstić information content (AvgIpc) is 2.51. The highest BCUT2D eigenvalue weighted by Crippen LogP contribution is 2.06. The van der Waals surface area contributed by atoms with Gasteiger partial charge in [0.1, 0.15) is 5.76 Å². The van der Waals surface area contributed by atoms with Gasteiger partial charge >= 0.3 is 0 Å². The van der Waals surface area contributed by atoms with Crippen molar-refractivity contribution in [2.45, 2.75) is 20.3 Å². The minimum absolute atomic E-state index is 0.164. The molecule has 1 aromatic heterocycles. The summed E-state index contributed by atoms with van der Waals surface area (Å²) >= 11 is 0. The number of oxazole rings is 1. The Morgan fingerprint density at radius 2 is 2.42 bits per heavy atom. The number of aryl methyl sites for hydroxylation is 1. The lowest BCUT2D eigenvalue weighted by molar-refractivity contribution is 0.0949. The molecule has 12 heavy (non-hydrogen) atoms. The third kappa shape index (κ3) is 1.64. The highest BCUT2D eigenvalue weighted by Gasteiger charge is 2.13. The zero-order valence-electron chi connectivity index (χ0n) is 7.26. The fourth-order valence-corrected chi connectivity index (χ4v) is 0.951. The van der Waals surface area contributed by atoms with E-state index in [1.165, 1.54) is 6.39 Å². The van der Waals surface area contributed by atoms with Crippen molar-refractivity contribution >= 4 is 5.91 Å². The van der Waals surface area contributed by atoms with Crippen LogP contribution in [0.2, 0.25) is 0 Å². The van der Waals surface area contributed by atoms with Crippen molar-refractivity contribution in [3.8, 4) is 0 Å². The standard InChI is InChI=1S/C8H12N2O2/c1-3-6-7(10-5-12-6)8(11)9-4-2/h5H,3-4H2,1-2H3,(H,9,11). The molecular weight excluding hydrogens is 156 g/mol. The molecule has 0 saturated carbocycles. The molecule has 1 aromatic rings. The van der Waals surface area contributed by atoms with E-state index in [2.05, 4.69) is 10.3 Å². The first kappa shape index (κ1) is 8.77. The summed E-state index contributed by atoms with van der Waals surface area (Å²) in [6.07, 6.45) is 1.98. The number of carbonyl (C=O) groups excluding carboxylic acids is 1. The van der Waals surface area contributed by atoms with Crippen LogP contribution in [-0.2, 0) is 6.42 Å². The molecule has 66 valence electrons. The Hall–Kier alpha value is -1.32. The van der Waals surface area contributed by atoms with Crippen molar-refractivity contribution in [2.75, 3.05) is 6.54 Å². The van der Waals surface area contributed by atoms with Gasteiger partial charge in [0, 0.05) is 13.0 Å². The Balaban J connectivity index is 2.79. The molecule has 4 heteroatoms. The van der Waals surface area contributed by atoms with Crippen LogP contribution in [0.3, 0.4) is 0 Å². The second kappa shape index (κ2) is 3.90. The second-order valence-corrected chi connectivity index (χ2v) is 2.34. The van der Waals surface area contributed by atoms with Crippen molar-refractivity contribution in [1.29, 1.82) is 0 Å². The van der Waals surface area contributed by atoms with E-state index in [1.807, 2.05) is 13.8 Å². The van der Waals surface area contributed by atoms with Gasteiger partial charge in [0.15, 0.2) is 12.1 Å². The van der Waals surface area contributed by atoms with E-state index < -0.39 is 0 Å². The van der Waals surface area contributed by atoms with Crippen molar-refractivity contribution in [2.24, 2.45) is 0 Å². The molecule has 4 nitrogen and oxygen atoms in total. The highest BCUT2D eigenvalue weighted by molar-refractivity contribution is 5.93. The van der Waals surface area contributed by atoms with Crippen LogP contribution in [0.15, 0.2) is 10.8 Å². The topological polar surface area (TPSA) is 55.1 Å². The van der Waals surface area contributed by atoms with E-state index in [1.54, 1.807) is 0 Å². The number of nitrogens with one attached hydrogen (secondary N) is 1. The molecule has 0 bridgehead atoms. The Morgan fingerprint density at radius 1 is 1.67 bits per heavy atom. The van der Waals surface area contributed by atoms with E-state index in [4.69, 9.17) is 4.42 Å². The number of aromatic nitrogens is 1. The van der Waals surface area contributed by atoms with Crippen LogP contribution in [0.4, 0.5) is 0 Å². The quantitative estimate of drug-likeness (QED) is 0.732. The van der Waals surface area contributed by atoms with Crippen molar-refractivity contribution in [1.82, 2.24) is 10.3 Å². The van der Waals surface area contributed by atoms with Gasteiger partial charge in [-0.25, -0.2) is 4.98 Å². The molecule has 0 saturated heterocycles. The van der Waals surface area contributed by atoms with Crippen LogP contribution < -0.4 is 5.32 Å². The summed E-state index contributed by atoms with van der Waals surface area (Å²) in [5, 5.41) is 2.66. The first-order valence-electron chi connectivity index (χ1n) is 4.00. The summed E-state index contributed by atoms with van der Waals surface area (Å²) < 4.78 is 5.01. The third-order valence-corrected chi connectivity index (χ3v) is 1.51. The van der Waals surface area contributed by atoms with Gasteiger partial charge in [-0.1, -0.05) is 6.92 Å². The summed E-state index contributed by atoms with van der Waals surface area (Å²) in [6.45, 7) is 4.39. The molecular formula is C8H12N2O2. The number of amides is 1. The normalized spacial score (nSPS) is 9.83. The monoisotopic (exact) mass is 168 g/mol. The number of carbonyl (C=O) groups is 1. The fourth-order valence-electron chi connectivity index (χ4n) is 0.951. The van der Waals surface area contributed by atoms with Gasteiger partial charge in [-0.05, 0) is 6.92 Å². The maximum atomic E-state index is 11.3. The van der Waals surface area contributed by atoms with Gasteiger partial charge in [0.05, 0.1) is 0 Å². The summed E-state index contributed by atoms with van der Waals surface area (Å²) in [7, 11) is 0. The number of hydrogen-bond donors (Lipinski definition) is 1. The molecule has 0 radical (unpaired) electrons. The zero-order chi connectivity index (χ0) is 8.97. The molecule has 1 heterocycles. The SMILES string of the molecule is CCNC(=O)c1ncoc1CC. The van der Waals surface area contributed by atoms with Gasteiger partial charge in [0.25, 0.3) is 5.91 Å². The van der Waals surface area contributed by atoms with Gasteiger partial charge in [-0.2, -0.15) is 0 Å². The average molecular weight is 168 g/mol. The lowest BCUT2D eigenvalue weighted by Crippen LogP contribution is -2.23. The van der Waals surface area contributed by atoms with Gasteiger partial charge in [-0.3, -0.25) is 4.79 Å². The predicted octanol–water partition coefficient (Wildman–Crippen LogP) is 0.987. The molecule has 1 N–H and O–H groups in total. The fraction of sp³-hybridized carbons (Fsp3) is 0.500. The van der Waals surface area contributed by atoms with E-state index in [-0.39, 0.29) is 5.91 Å². The first-order valence-corrected chi connectivity index (χ1v) is 4.00. The summed E-state index contributed by atoms with van der Waals surface area (Å²) in [4.78, 5) is 15.1. The van der Waals surface area contributed by atoms with Crippen LogP contribution in [0.25, 0.3) is 0 Å². The Labute approximate surface area is 71.0 Å². The van der Waals surface area contributed by atoms with Crippen molar-refractivity contribution < 1.29 is 9.21 Å². The van der Waals surface area contributed by atoms with E-state index in [9.17, 15) is 4.79 Å². The molecule has 0 aliphatic heterocycles.